The fraction of sp³-hybridized carbons (Fsp3) is 0.600. The second kappa shape index (κ2) is 5.79. The third-order valence-corrected chi connectivity index (χ3v) is 4.38. The van der Waals surface area contributed by atoms with E-state index in [1.807, 2.05) is 0 Å². The Hall–Kier alpha value is -1.62. The number of anilines is 1. The van der Waals surface area contributed by atoms with Crippen LogP contribution in [0, 0.1) is 5.92 Å². The highest BCUT2D eigenvalue weighted by Crippen LogP contribution is 2.36. The summed E-state index contributed by atoms with van der Waals surface area (Å²) >= 11 is 0. The summed E-state index contributed by atoms with van der Waals surface area (Å²) in [6.07, 6.45) is 6.65. The van der Waals surface area contributed by atoms with Crippen molar-refractivity contribution in [3.8, 4) is 0 Å². The molecule has 5 heteroatoms. The first kappa shape index (κ1) is 13.4. The lowest BCUT2D eigenvalue weighted by Crippen LogP contribution is -2.39. The van der Waals surface area contributed by atoms with Gasteiger partial charge in [0.25, 0.3) is 5.91 Å². The molecule has 0 spiro atoms. The van der Waals surface area contributed by atoms with Crippen LogP contribution < -0.4 is 10.6 Å². The third-order valence-electron chi connectivity index (χ3n) is 4.38. The minimum Gasteiger partial charge on any atom is -0.378 e. The predicted octanol–water partition coefficient (Wildman–Crippen LogP) is 1.81. The lowest BCUT2D eigenvalue weighted by molar-refractivity contribution is 0.0619. The normalized spacial score (nSPS) is 28.8. The Labute approximate surface area is 119 Å². The van der Waals surface area contributed by atoms with Gasteiger partial charge in [0.1, 0.15) is 5.82 Å². The first-order chi connectivity index (χ1) is 9.79. The Morgan fingerprint density at radius 2 is 2.30 bits per heavy atom. The van der Waals surface area contributed by atoms with Gasteiger partial charge in [0, 0.05) is 31.8 Å². The molecule has 0 aromatic carbocycles. The van der Waals surface area contributed by atoms with E-state index in [1.54, 1.807) is 25.4 Å². The smallest absolute Gasteiger partial charge is 0.254 e. The number of aromatic nitrogens is 1. The predicted molar refractivity (Wildman–Crippen MR) is 76.7 cm³/mol. The SMILES string of the molecule is CNC(=O)c1cccnc1N[C@@H]1CCC[C@H]2OCC[C@@H]12. The van der Waals surface area contributed by atoms with Gasteiger partial charge in [0.15, 0.2) is 0 Å². The number of hydrogen-bond donors (Lipinski definition) is 2. The minimum absolute atomic E-state index is 0.101. The molecule has 2 aliphatic rings. The van der Waals surface area contributed by atoms with Gasteiger partial charge in [-0.05, 0) is 37.8 Å². The van der Waals surface area contributed by atoms with Crippen LogP contribution in [0.25, 0.3) is 0 Å². The second-order valence-electron chi connectivity index (χ2n) is 5.52. The van der Waals surface area contributed by atoms with E-state index in [9.17, 15) is 4.79 Å². The highest BCUT2D eigenvalue weighted by Gasteiger charge is 2.38. The molecule has 5 nitrogen and oxygen atoms in total. The maximum Gasteiger partial charge on any atom is 0.254 e. The Morgan fingerprint density at radius 1 is 1.40 bits per heavy atom. The first-order valence-corrected chi connectivity index (χ1v) is 7.35. The standard InChI is InChI=1S/C15H21N3O2/c1-16-15(19)11-4-3-8-17-14(11)18-12-5-2-6-13-10(12)7-9-20-13/h3-4,8,10,12-13H,2,5-7,9H2,1H3,(H,16,19)(H,17,18)/t10-,12+,13+/m0/s1. The van der Waals surface area contributed by atoms with E-state index in [0.29, 0.717) is 29.4 Å². The number of carbonyl (C=O) groups is 1. The van der Waals surface area contributed by atoms with Crippen LogP contribution in [-0.2, 0) is 4.74 Å². The van der Waals surface area contributed by atoms with Crippen LogP contribution in [0.1, 0.15) is 36.0 Å². The zero-order valence-electron chi connectivity index (χ0n) is 11.8. The van der Waals surface area contributed by atoms with Crippen molar-refractivity contribution in [1.29, 1.82) is 0 Å². The van der Waals surface area contributed by atoms with Crippen molar-refractivity contribution in [2.75, 3.05) is 19.0 Å². The van der Waals surface area contributed by atoms with Crippen molar-refractivity contribution in [2.45, 2.75) is 37.8 Å². The molecular formula is C15H21N3O2. The van der Waals surface area contributed by atoms with E-state index in [4.69, 9.17) is 4.74 Å². The molecule has 2 fully saturated rings. The Bertz CT molecular complexity index is 492. The molecule has 2 N–H and O–H groups in total. The van der Waals surface area contributed by atoms with Crippen molar-refractivity contribution < 1.29 is 9.53 Å². The summed E-state index contributed by atoms with van der Waals surface area (Å²) in [4.78, 5) is 16.2. The van der Waals surface area contributed by atoms with E-state index in [1.165, 1.54) is 6.42 Å². The highest BCUT2D eigenvalue weighted by atomic mass is 16.5. The van der Waals surface area contributed by atoms with Crippen molar-refractivity contribution >= 4 is 11.7 Å². The van der Waals surface area contributed by atoms with Crippen LogP contribution in [0.5, 0.6) is 0 Å². The number of carbonyl (C=O) groups excluding carboxylic acids is 1. The molecule has 108 valence electrons. The highest BCUT2D eigenvalue weighted by molar-refractivity contribution is 5.98. The molecule has 1 amide bonds. The third kappa shape index (κ3) is 2.50. The lowest BCUT2D eigenvalue weighted by atomic mass is 9.82. The van der Waals surface area contributed by atoms with Crippen LogP contribution in [0.4, 0.5) is 5.82 Å². The number of fused-ring (bicyclic) bond motifs is 1. The van der Waals surface area contributed by atoms with Crippen LogP contribution >= 0.6 is 0 Å². The van der Waals surface area contributed by atoms with E-state index < -0.39 is 0 Å². The van der Waals surface area contributed by atoms with Gasteiger partial charge in [0.05, 0.1) is 11.7 Å². The molecule has 3 rings (SSSR count). The molecule has 1 saturated carbocycles. The molecule has 0 bridgehead atoms. The summed E-state index contributed by atoms with van der Waals surface area (Å²) in [5.74, 6) is 1.13. The first-order valence-electron chi connectivity index (χ1n) is 7.35. The van der Waals surface area contributed by atoms with Gasteiger partial charge >= 0.3 is 0 Å². The number of hydrogen-bond acceptors (Lipinski definition) is 4. The average molecular weight is 275 g/mol. The molecule has 3 atom stereocenters. The van der Waals surface area contributed by atoms with E-state index >= 15 is 0 Å². The molecule has 2 heterocycles. The number of pyridine rings is 1. The topological polar surface area (TPSA) is 63.2 Å². The monoisotopic (exact) mass is 275 g/mol. The van der Waals surface area contributed by atoms with Gasteiger partial charge < -0.3 is 15.4 Å². The molecular weight excluding hydrogens is 254 g/mol. The van der Waals surface area contributed by atoms with Gasteiger partial charge in [-0.2, -0.15) is 0 Å². The van der Waals surface area contributed by atoms with Crippen LogP contribution in [0.2, 0.25) is 0 Å². The second-order valence-corrected chi connectivity index (χ2v) is 5.52. The summed E-state index contributed by atoms with van der Waals surface area (Å²) in [7, 11) is 1.64. The van der Waals surface area contributed by atoms with Crippen LogP contribution in [0.3, 0.4) is 0 Å². The zero-order chi connectivity index (χ0) is 13.9. The number of nitrogens with zero attached hydrogens (tertiary/aromatic N) is 1. The number of nitrogens with one attached hydrogen (secondary N) is 2. The fourth-order valence-corrected chi connectivity index (χ4v) is 3.37. The molecule has 1 aromatic rings. The Morgan fingerprint density at radius 3 is 3.15 bits per heavy atom. The molecule has 20 heavy (non-hydrogen) atoms. The molecule has 1 saturated heterocycles. The summed E-state index contributed by atoms with van der Waals surface area (Å²) in [5.41, 5.74) is 0.607. The van der Waals surface area contributed by atoms with Crippen LogP contribution in [0.15, 0.2) is 18.3 Å². The summed E-state index contributed by atoms with van der Waals surface area (Å²) in [5, 5.41) is 6.15. The van der Waals surface area contributed by atoms with Gasteiger partial charge in [-0.25, -0.2) is 4.98 Å². The Balaban J connectivity index is 1.78. The number of amides is 1. The number of rotatable bonds is 3. The number of ether oxygens (including phenoxy) is 1. The van der Waals surface area contributed by atoms with Crippen LogP contribution in [-0.4, -0.2) is 36.7 Å². The van der Waals surface area contributed by atoms with Gasteiger partial charge in [-0.3, -0.25) is 4.79 Å². The molecule has 0 unspecified atom stereocenters. The van der Waals surface area contributed by atoms with Crippen molar-refractivity contribution in [3.63, 3.8) is 0 Å². The largest absolute Gasteiger partial charge is 0.378 e. The van der Waals surface area contributed by atoms with E-state index in [2.05, 4.69) is 15.6 Å². The Kier molecular flexibility index (Phi) is 3.87. The minimum atomic E-state index is -0.101. The van der Waals surface area contributed by atoms with Crippen molar-refractivity contribution in [3.05, 3.63) is 23.9 Å². The van der Waals surface area contributed by atoms with E-state index in [0.717, 1.165) is 25.9 Å². The van der Waals surface area contributed by atoms with Gasteiger partial charge in [-0.1, -0.05) is 0 Å². The van der Waals surface area contributed by atoms with Gasteiger partial charge in [-0.15, -0.1) is 0 Å². The molecule has 1 aliphatic heterocycles. The molecule has 1 aliphatic carbocycles. The quantitative estimate of drug-likeness (QED) is 0.883. The fourth-order valence-electron chi connectivity index (χ4n) is 3.37. The molecule has 0 radical (unpaired) electrons. The average Bonchev–Trinajstić information content (AvgIpc) is 2.96. The maximum atomic E-state index is 11.9. The zero-order valence-corrected chi connectivity index (χ0v) is 11.8. The summed E-state index contributed by atoms with van der Waals surface area (Å²) in [6, 6.07) is 3.95. The molecule has 1 aromatic heterocycles. The summed E-state index contributed by atoms with van der Waals surface area (Å²) in [6.45, 7) is 0.859. The maximum absolute atomic E-state index is 11.9. The van der Waals surface area contributed by atoms with Crippen molar-refractivity contribution in [2.24, 2.45) is 5.92 Å². The van der Waals surface area contributed by atoms with Gasteiger partial charge in [0.2, 0.25) is 0 Å². The van der Waals surface area contributed by atoms with E-state index in [-0.39, 0.29) is 5.91 Å². The van der Waals surface area contributed by atoms with Crippen molar-refractivity contribution in [1.82, 2.24) is 10.3 Å². The lowest BCUT2D eigenvalue weighted by Gasteiger charge is -2.33. The summed E-state index contributed by atoms with van der Waals surface area (Å²) < 4.78 is 5.78.